The number of benzene rings is 1. The lowest BCUT2D eigenvalue weighted by Crippen LogP contribution is -2.43. The Morgan fingerprint density at radius 3 is 2.32 bits per heavy atom. The number of halogens is 4. The highest BCUT2D eigenvalue weighted by atomic mass is 79.9. The van der Waals surface area contributed by atoms with E-state index >= 15 is 0 Å². The molecule has 106 valence electrons. The molecule has 0 bridgehead atoms. The Morgan fingerprint density at radius 2 is 1.89 bits per heavy atom. The van der Waals surface area contributed by atoms with Crippen LogP contribution >= 0.6 is 15.9 Å². The van der Waals surface area contributed by atoms with Crippen molar-refractivity contribution in [3.63, 3.8) is 0 Å². The molecular weight excluding hydrogens is 323 g/mol. The molecule has 0 unspecified atom stereocenters. The summed E-state index contributed by atoms with van der Waals surface area (Å²) < 4.78 is 38.2. The van der Waals surface area contributed by atoms with Gasteiger partial charge in [0.25, 0.3) is 5.91 Å². The Bertz CT molecular complexity index is 451. The first kappa shape index (κ1) is 16.0. The minimum atomic E-state index is -4.40. The van der Waals surface area contributed by atoms with Crippen LogP contribution in [0.15, 0.2) is 22.7 Å². The molecule has 6 heteroatoms. The van der Waals surface area contributed by atoms with Crippen LogP contribution in [0.2, 0.25) is 0 Å². The zero-order chi connectivity index (χ0) is 14.8. The summed E-state index contributed by atoms with van der Waals surface area (Å²) in [5, 5.41) is 0. The van der Waals surface area contributed by atoms with Crippen LogP contribution in [-0.4, -0.2) is 29.6 Å². The molecule has 0 saturated heterocycles. The van der Waals surface area contributed by atoms with Crippen LogP contribution in [0.4, 0.5) is 13.2 Å². The van der Waals surface area contributed by atoms with Gasteiger partial charge in [-0.15, -0.1) is 0 Å². The molecule has 1 aromatic carbocycles. The quantitative estimate of drug-likeness (QED) is 0.810. The molecule has 1 amide bonds. The SMILES string of the molecule is Cc1cc(Br)cc(C(=O)N(CC(F)(F)F)C(C)C)c1. The fourth-order valence-corrected chi connectivity index (χ4v) is 2.32. The van der Waals surface area contributed by atoms with E-state index in [2.05, 4.69) is 15.9 Å². The molecule has 0 aliphatic carbocycles. The van der Waals surface area contributed by atoms with E-state index in [0.717, 1.165) is 10.5 Å². The first-order chi connectivity index (χ1) is 8.60. The van der Waals surface area contributed by atoms with Gasteiger partial charge in [0, 0.05) is 16.1 Å². The first-order valence-electron chi connectivity index (χ1n) is 5.75. The fourth-order valence-electron chi connectivity index (χ4n) is 1.71. The van der Waals surface area contributed by atoms with Gasteiger partial charge in [0.1, 0.15) is 6.54 Å². The lowest BCUT2D eigenvalue weighted by Gasteiger charge is -2.28. The van der Waals surface area contributed by atoms with Crippen LogP contribution in [0.1, 0.15) is 29.8 Å². The van der Waals surface area contributed by atoms with E-state index in [9.17, 15) is 18.0 Å². The van der Waals surface area contributed by atoms with Gasteiger partial charge >= 0.3 is 6.18 Å². The van der Waals surface area contributed by atoms with E-state index < -0.39 is 24.7 Å². The van der Waals surface area contributed by atoms with E-state index in [-0.39, 0.29) is 5.56 Å². The number of nitrogens with zero attached hydrogens (tertiary/aromatic N) is 1. The molecule has 1 rings (SSSR count). The van der Waals surface area contributed by atoms with Gasteiger partial charge < -0.3 is 4.90 Å². The number of aryl methyl sites for hydroxylation is 1. The minimum Gasteiger partial charge on any atom is -0.327 e. The maximum Gasteiger partial charge on any atom is 0.406 e. The smallest absolute Gasteiger partial charge is 0.327 e. The molecule has 0 atom stereocenters. The van der Waals surface area contributed by atoms with Crippen molar-refractivity contribution >= 4 is 21.8 Å². The van der Waals surface area contributed by atoms with Crippen molar-refractivity contribution in [1.82, 2.24) is 4.90 Å². The van der Waals surface area contributed by atoms with Crippen LogP contribution in [0, 0.1) is 6.92 Å². The second-order valence-corrected chi connectivity index (χ2v) is 5.57. The van der Waals surface area contributed by atoms with Crippen LogP contribution in [0.25, 0.3) is 0 Å². The van der Waals surface area contributed by atoms with Crippen LogP contribution in [0.3, 0.4) is 0 Å². The van der Waals surface area contributed by atoms with E-state index in [1.54, 1.807) is 32.9 Å². The predicted molar refractivity (Wildman–Crippen MR) is 71.1 cm³/mol. The number of carbonyl (C=O) groups excluding carboxylic acids is 1. The van der Waals surface area contributed by atoms with Gasteiger partial charge in [-0.2, -0.15) is 13.2 Å². The zero-order valence-corrected chi connectivity index (χ0v) is 12.5. The summed E-state index contributed by atoms with van der Waals surface area (Å²) in [4.78, 5) is 13.0. The number of hydrogen-bond donors (Lipinski definition) is 0. The number of rotatable bonds is 3. The van der Waals surface area contributed by atoms with Gasteiger partial charge in [-0.05, 0) is 44.5 Å². The summed E-state index contributed by atoms with van der Waals surface area (Å²) in [6, 6.07) is 4.38. The lowest BCUT2D eigenvalue weighted by atomic mass is 10.1. The molecule has 0 N–H and O–H groups in total. The topological polar surface area (TPSA) is 20.3 Å². The Morgan fingerprint density at radius 1 is 1.32 bits per heavy atom. The van der Waals surface area contributed by atoms with E-state index in [0.29, 0.717) is 4.47 Å². The Labute approximate surface area is 118 Å². The Kier molecular flexibility index (Phi) is 5.01. The van der Waals surface area contributed by atoms with Crippen molar-refractivity contribution in [3.05, 3.63) is 33.8 Å². The highest BCUT2D eigenvalue weighted by Crippen LogP contribution is 2.22. The van der Waals surface area contributed by atoms with Crippen LogP contribution in [-0.2, 0) is 0 Å². The molecule has 0 radical (unpaired) electrons. The molecule has 0 aliphatic heterocycles. The third kappa shape index (κ3) is 4.86. The zero-order valence-electron chi connectivity index (χ0n) is 10.9. The van der Waals surface area contributed by atoms with Crippen molar-refractivity contribution in [1.29, 1.82) is 0 Å². The second kappa shape index (κ2) is 5.94. The predicted octanol–water partition coefficient (Wildman–Crippen LogP) is 4.17. The number of hydrogen-bond acceptors (Lipinski definition) is 1. The molecule has 0 aromatic heterocycles. The Balaban J connectivity index is 3.06. The first-order valence-corrected chi connectivity index (χ1v) is 6.54. The number of carbonyl (C=O) groups is 1. The summed E-state index contributed by atoms with van der Waals surface area (Å²) >= 11 is 3.24. The van der Waals surface area contributed by atoms with Gasteiger partial charge in [-0.1, -0.05) is 15.9 Å². The maximum atomic E-state index is 12.5. The highest BCUT2D eigenvalue weighted by Gasteiger charge is 2.34. The third-order valence-electron chi connectivity index (χ3n) is 2.52. The van der Waals surface area contributed by atoms with E-state index in [1.807, 2.05) is 0 Å². The van der Waals surface area contributed by atoms with Gasteiger partial charge in [0.15, 0.2) is 0 Å². The second-order valence-electron chi connectivity index (χ2n) is 4.66. The number of amides is 1. The van der Waals surface area contributed by atoms with Gasteiger partial charge in [-0.25, -0.2) is 0 Å². The van der Waals surface area contributed by atoms with Crippen molar-refractivity contribution in [3.8, 4) is 0 Å². The van der Waals surface area contributed by atoms with Crippen molar-refractivity contribution in [2.45, 2.75) is 33.0 Å². The summed E-state index contributed by atoms with van der Waals surface area (Å²) in [5.41, 5.74) is 1.07. The van der Waals surface area contributed by atoms with Crippen molar-refractivity contribution in [2.24, 2.45) is 0 Å². The minimum absolute atomic E-state index is 0.254. The van der Waals surface area contributed by atoms with Gasteiger partial charge in [-0.3, -0.25) is 4.79 Å². The van der Waals surface area contributed by atoms with E-state index in [1.165, 1.54) is 6.07 Å². The summed E-state index contributed by atoms with van der Waals surface area (Å²) in [7, 11) is 0. The van der Waals surface area contributed by atoms with Crippen LogP contribution < -0.4 is 0 Å². The van der Waals surface area contributed by atoms with Gasteiger partial charge in [0.05, 0.1) is 0 Å². The molecule has 2 nitrogen and oxygen atoms in total. The lowest BCUT2D eigenvalue weighted by molar-refractivity contribution is -0.143. The normalized spacial score (nSPS) is 11.8. The molecule has 1 aromatic rings. The maximum absolute atomic E-state index is 12.5. The van der Waals surface area contributed by atoms with Crippen molar-refractivity contribution in [2.75, 3.05) is 6.54 Å². The molecule has 0 aliphatic rings. The Hall–Kier alpha value is -1.04. The van der Waals surface area contributed by atoms with Crippen molar-refractivity contribution < 1.29 is 18.0 Å². The molecule has 0 fully saturated rings. The largest absolute Gasteiger partial charge is 0.406 e. The molecular formula is C13H15BrF3NO. The summed E-state index contributed by atoms with van der Waals surface area (Å²) in [6.45, 7) is 3.67. The standard InChI is InChI=1S/C13H15BrF3NO/c1-8(2)18(7-13(15,16)17)12(19)10-4-9(3)5-11(14)6-10/h4-6,8H,7H2,1-3H3. The average molecular weight is 338 g/mol. The number of alkyl halides is 3. The molecule has 0 heterocycles. The summed E-state index contributed by atoms with van der Waals surface area (Å²) in [6.07, 6.45) is -4.40. The fraction of sp³-hybridized carbons (Fsp3) is 0.462. The third-order valence-corrected chi connectivity index (χ3v) is 2.98. The van der Waals surface area contributed by atoms with Gasteiger partial charge in [0.2, 0.25) is 0 Å². The summed E-state index contributed by atoms with van der Waals surface area (Å²) in [5.74, 6) is -0.614. The molecule has 0 saturated carbocycles. The van der Waals surface area contributed by atoms with Crippen LogP contribution in [0.5, 0.6) is 0 Å². The highest BCUT2D eigenvalue weighted by molar-refractivity contribution is 9.10. The molecule has 0 spiro atoms. The average Bonchev–Trinajstić information content (AvgIpc) is 2.22. The monoisotopic (exact) mass is 337 g/mol. The molecule has 19 heavy (non-hydrogen) atoms. The van der Waals surface area contributed by atoms with E-state index in [4.69, 9.17) is 0 Å².